The van der Waals surface area contributed by atoms with Gasteiger partial charge in [0.15, 0.2) is 0 Å². The molecule has 0 rings (SSSR count). The van der Waals surface area contributed by atoms with Gasteiger partial charge >= 0.3 is 0 Å². The van der Waals surface area contributed by atoms with Crippen LogP contribution in [0.25, 0.3) is 0 Å². The maximum Gasteiger partial charge on any atom is 0.0100 e. The third-order valence-corrected chi connectivity index (χ3v) is 4.99. The molecule has 0 aromatic rings. The van der Waals surface area contributed by atoms with Crippen LogP contribution < -0.4 is 0 Å². The summed E-state index contributed by atoms with van der Waals surface area (Å²) in [6, 6.07) is 0. The standard InChI is InChI=1S/C16H34S/c1-5-6-7-8-9-10-11-12-13-14-15-16(2,3)17-4/h5-15H2,1-4H3. The van der Waals surface area contributed by atoms with Gasteiger partial charge in [0.2, 0.25) is 0 Å². The lowest BCUT2D eigenvalue weighted by molar-refractivity contribution is 0.526. The molecule has 0 heterocycles. The van der Waals surface area contributed by atoms with E-state index in [0.717, 1.165) is 0 Å². The van der Waals surface area contributed by atoms with E-state index in [1.54, 1.807) is 0 Å². The molecule has 0 unspecified atom stereocenters. The average molecular weight is 259 g/mol. The Hall–Kier alpha value is 0.350. The van der Waals surface area contributed by atoms with Crippen LogP contribution in [-0.4, -0.2) is 11.0 Å². The highest BCUT2D eigenvalue weighted by atomic mass is 32.2. The summed E-state index contributed by atoms with van der Waals surface area (Å²) in [6.45, 7) is 7.02. The van der Waals surface area contributed by atoms with E-state index in [1.807, 2.05) is 11.8 Å². The van der Waals surface area contributed by atoms with Crippen molar-refractivity contribution in [2.75, 3.05) is 6.26 Å². The SMILES string of the molecule is CCCCCCCCCCCCC(C)(C)SC. The van der Waals surface area contributed by atoms with Gasteiger partial charge in [0.05, 0.1) is 0 Å². The van der Waals surface area contributed by atoms with Crippen molar-refractivity contribution in [3.05, 3.63) is 0 Å². The molecule has 0 aromatic carbocycles. The van der Waals surface area contributed by atoms with Crippen LogP contribution in [0.2, 0.25) is 0 Å². The second-order valence-corrected chi connectivity index (χ2v) is 7.41. The van der Waals surface area contributed by atoms with E-state index in [9.17, 15) is 0 Å². The highest BCUT2D eigenvalue weighted by Crippen LogP contribution is 2.27. The molecule has 0 saturated heterocycles. The van der Waals surface area contributed by atoms with E-state index in [1.165, 1.54) is 70.6 Å². The topological polar surface area (TPSA) is 0 Å². The van der Waals surface area contributed by atoms with Crippen LogP contribution in [-0.2, 0) is 0 Å². The molecule has 0 aliphatic carbocycles. The Balaban J connectivity index is 3.09. The minimum Gasteiger partial charge on any atom is -0.159 e. The molecule has 0 bridgehead atoms. The zero-order valence-corrected chi connectivity index (χ0v) is 13.5. The summed E-state index contributed by atoms with van der Waals surface area (Å²) in [4.78, 5) is 0. The first-order valence-corrected chi connectivity index (χ1v) is 8.90. The van der Waals surface area contributed by atoms with Crippen LogP contribution >= 0.6 is 11.8 Å². The molecule has 0 aliphatic rings. The Bertz CT molecular complexity index is 152. The van der Waals surface area contributed by atoms with Crippen molar-refractivity contribution in [2.45, 2.75) is 96.1 Å². The summed E-state index contributed by atoms with van der Waals surface area (Å²) in [7, 11) is 0. The van der Waals surface area contributed by atoms with Gasteiger partial charge in [0, 0.05) is 4.75 Å². The van der Waals surface area contributed by atoms with Gasteiger partial charge in [-0.05, 0) is 12.7 Å². The lowest BCUT2D eigenvalue weighted by atomic mass is 10.0. The Morgan fingerprint density at radius 3 is 1.53 bits per heavy atom. The summed E-state index contributed by atoms with van der Waals surface area (Å²) < 4.78 is 0.500. The fourth-order valence-corrected chi connectivity index (χ4v) is 2.49. The fourth-order valence-electron chi connectivity index (χ4n) is 2.14. The lowest BCUT2D eigenvalue weighted by Gasteiger charge is -2.21. The van der Waals surface area contributed by atoms with E-state index < -0.39 is 0 Å². The van der Waals surface area contributed by atoms with Crippen LogP contribution in [0.4, 0.5) is 0 Å². The normalized spacial score (nSPS) is 12.0. The molecule has 1 heteroatoms. The molecule has 0 amide bonds. The van der Waals surface area contributed by atoms with Crippen LogP contribution in [0.15, 0.2) is 0 Å². The number of thioether (sulfide) groups is 1. The molecule has 0 fully saturated rings. The molecule has 0 nitrogen and oxygen atoms in total. The third-order valence-electron chi connectivity index (χ3n) is 3.68. The molecule has 0 radical (unpaired) electrons. The number of rotatable bonds is 12. The largest absolute Gasteiger partial charge is 0.159 e. The first-order chi connectivity index (χ1) is 8.12. The van der Waals surface area contributed by atoms with Crippen molar-refractivity contribution in [1.29, 1.82) is 0 Å². The maximum absolute atomic E-state index is 2.37. The van der Waals surface area contributed by atoms with Gasteiger partial charge in [-0.1, -0.05) is 85.0 Å². The van der Waals surface area contributed by atoms with Gasteiger partial charge in [-0.3, -0.25) is 0 Å². The molecule has 0 atom stereocenters. The second-order valence-electron chi connectivity index (χ2n) is 5.90. The molecule has 0 aromatic heterocycles. The van der Waals surface area contributed by atoms with Gasteiger partial charge in [-0.2, -0.15) is 11.8 Å². The van der Waals surface area contributed by atoms with Crippen LogP contribution in [0.3, 0.4) is 0 Å². The van der Waals surface area contributed by atoms with Gasteiger partial charge in [-0.25, -0.2) is 0 Å². The molecular formula is C16H34S. The van der Waals surface area contributed by atoms with Crippen LogP contribution in [0, 0.1) is 0 Å². The minimum absolute atomic E-state index is 0.500. The monoisotopic (exact) mass is 258 g/mol. The zero-order chi connectivity index (χ0) is 13.0. The van der Waals surface area contributed by atoms with Crippen molar-refractivity contribution in [3.8, 4) is 0 Å². The van der Waals surface area contributed by atoms with Gasteiger partial charge in [0.1, 0.15) is 0 Å². The van der Waals surface area contributed by atoms with Gasteiger partial charge in [-0.15, -0.1) is 0 Å². The zero-order valence-electron chi connectivity index (χ0n) is 12.7. The Morgan fingerprint density at radius 1 is 0.706 bits per heavy atom. The van der Waals surface area contributed by atoms with Crippen LogP contribution in [0.1, 0.15) is 91.4 Å². The fraction of sp³-hybridized carbons (Fsp3) is 1.00. The van der Waals surface area contributed by atoms with E-state index in [0.29, 0.717) is 4.75 Å². The van der Waals surface area contributed by atoms with Crippen molar-refractivity contribution in [2.24, 2.45) is 0 Å². The second kappa shape index (κ2) is 11.4. The number of hydrogen-bond donors (Lipinski definition) is 0. The van der Waals surface area contributed by atoms with Gasteiger partial charge in [0.25, 0.3) is 0 Å². The van der Waals surface area contributed by atoms with E-state index >= 15 is 0 Å². The molecule has 17 heavy (non-hydrogen) atoms. The molecule has 0 saturated carbocycles. The van der Waals surface area contributed by atoms with E-state index in [-0.39, 0.29) is 0 Å². The summed E-state index contributed by atoms with van der Waals surface area (Å²) in [5.74, 6) is 0. The predicted octanol–water partition coefficient (Wildman–Crippen LogP) is 6.44. The number of unbranched alkanes of at least 4 members (excludes halogenated alkanes) is 9. The maximum atomic E-state index is 2.37. The molecule has 0 aliphatic heterocycles. The van der Waals surface area contributed by atoms with Crippen molar-refractivity contribution in [1.82, 2.24) is 0 Å². The van der Waals surface area contributed by atoms with E-state index in [2.05, 4.69) is 27.0 Å². The highest BCUT2D eigenvalue weighted by Gasteiger charge is 2.14. The quantitative estimate of drug-likeness (QED) is 0.363. The predicted molar refractivity (Wildman–Crippen MR) is 84.1 cm³/mol. The highest BCUT2D eigenvalue weighted by molar-refractivity contribution is 7.99. The first kappa shape index (κ1) is 17.4. The minimum atomic E-state index is 0.500. The summed E-state index contributed by atoms with van der Waals surface area (Å²) in [5, 5.41) is 0. The van der Waals surface area contributed by atoms with Crippen molar-refractivity contribution >= 4 is 11.8 Å². The molecule has 104 valence electrons. The summed E-state index contributed by atoms with van der Waals surface area (Å²) >= 11 is 2.01. The van der Waals surface area contributed by atoms with Gasteiger partial charge < -0.3 is 0 Å². The average Bonchev–Trinajstić information content (AvgIpc) is 2.31. The Kier molecular flexibility index (Phi) is 11.7. The summed E-state index contributed by atoms with van der Waals surface area (Å²) in [5.41, 5.74) is 0. The Labute approximate surface area is 114 Å². The molecular weight excluding hydrogens is 224 g/mol. The van der Waals surface area contributed by atoms with Crippen LogP contribution in [0.5, 0.6) is 0 Å². The first-order valence-electron chi connectivity index (χ1n) is 7.67. The molecule has 0 N–H and O–H groups in total. The summed E-state index contributed by atoms with van der Waals surface area (Å²) in [6.07, 6.45) is 18.1. The Morgan fingerprint density at radius 2 is 1.12 bits per heavy atom. The van der Waals surface area contributed by atoms with E-state index in [4.69, 9.17) is 0 Å². The number of hydrogen-bond acceptors (Lipinski definition) is 1. The smallest absolute Gasteiger partial charge is 0.0100 e. The molecule has 0 spiro atoms. The third kappa shape index (κ3) is 12.6. The van der Waals surface area contributed by atoms with Crippen molar-refractivity contribution < 1.29 is 0 Å². The van der Waals surface area contributed by atoms with Crippen molar-refractivity contribution in [3.63, 3.8) is 0 Å². The lowest BCUT2D eigenvalue weighted by Crippen LogP contribution is -2.13.